The number of rotatable bonds is 2. The molecule has 6 heteroatoms. The molecule has 2 aliphatic heterocycles. The molecule has 1 atom stereocenters. The Kier molecular flexibility index (Phi) is 2.97. The number of fused-ring (bicyclic) bond motifs is 2. The summed E-state index contributed by atoms with van der Waals surface area (Å²) in [6.07, 6.45) is 1.32. The molecule has 0 aromatic heterocycles. The van der Waals surface area contributed by atoms with Crippen molar-refractivity contribution in [1.82, 2.24) is 0 Å². The molecular formula is C17H10FNO4. The van der Waals surface area contributed by atoms with Crippen molar-refractivity contribution in [2.24, 2.45) is 10.9 Å². The van der Waals surface area contributed by atoms with Crippen molar-refractivity contribution in [2.75, 3.05) is 6.79 Å². The minimum Gasteiger partial charge on any atom is -0.454 e. The Morgan fingerprint density at radius 2 is 1.83 bits per heavy atom. The number of halogens is 1. The fourth-order valence-electron chi connectivity index (χ4n) is 2.61. The molecule has 0 spiro atoms. The second-order valence-corrected chi connectivity index (χ2v) is 5.21. The summed E-state index contributed by atoms with van der Waals surface area (Å²) in [6, 6.07) is 8.24. The van der Waals surface area contributed by atoms with E-state index in [1.807, 2.05) is 0 Å². The lowest BCUT2D eigenvalue weighted by Crippen LogP contribution is -2.28. The van der Waals surface area contributed by atoms with Gasteiger partial charge in [-0.2, -0.15) is 0 Å². The maximum absolute atomic E-state index is 13.0. The van der Waals surface area contributed by atoms with Crippen LogP contribution in [0.25, 0.3) is 0 Å². The smallest absolute Gasteiger partial charge is 0.231 e. The summed E-state index contributed by atoms with van der Waals surface area (Å²) in [5.74, 6) is -1.25. The molecule has 0 amide bonds. The van der Waals surface area contributed by atoms with Crippen LogP contribution in [0.2, 0.25) is 0 Å². The monoisotopic (exact) mass is 311 g/mol. The van der Waals surface area contributed by atoms with Crippen LogP contribution < -0.4 is 9.47 Å². The zero-order valence-electron chi connectivity index (χ0n) is 11.8. The van der Waals surface area contributed by atoms with Gasteiger partial charge in [-0.15, -0.1) is 0 Å². The van der Waals surface area contributed by atoms with Crippen LogP contribution >= 0.6 is 0 Å². The van der Waals surface area contributed by atoms with Gasteiger partial charge in [-0.05, 0) is 30.3 Å². The summed E-state index contributed by atoms with van der Waals surface area (Å²) in [5, 5.41) is 0. The standard InChI is InChI=1S/C17H10FNO4/c18-10-3-1-9(2-4-10)16(20)12-7-19-13-6-15-14(22-8-23-15)5-11(13)17(12)21/h1-7,12H,8H2. The van der Waals surface area contributed by atoms with E-state index in [-0.39, 0.29) is 18.1 Å². The number of benzene rings is 2. The van der Waals surface area contributed by atoms with E-state index in [0.29, 0.717) is 22.7 Å². The molecule has 0 saturated heterocycles. The van der Waals surface area contributed by atoms with Crippen LogP contribution in [-0.2, 0) is 0 Å². The van der Waals surface area contributed by atoms with E-state index < -0.39 is 17.5 Å². The zero-order valence-corrected chi connectivity index (χ0v) is 11.8. The molecular weight excluding hydrogens is 301 g/mol. The molecule has 1 unspecified atom stereocenters. The second kappa shape index (κ2) is 5.01. The Bertz CT molecular complexity index is 858. The van der Waals surface area contributed by atoms with Gasteiger partial charge in [0.1, 0.15) is 11.7 Å². The highest BCUT2D eigenvalue weighted by atomic mass is 19.1. The first-order valence-corrected chi connectivity index (χ1v) is 6.95. The molecule has 0 aliphatic carbocycles. The lowest BCUT2D eigenvalue weighted by molar-refractivity contribution is 0.0854. The average molecular weight is 311 g/mol. The third kappa shape index (κ3) is 2.19. The van der Waals surface area contributed by atoms with Crippen molar-refractivity contribution in [3.63, 3.8) is 0 Å². The molecule has 0 fully saturated rings. The van der Waals surface area contributed by atoms with Gasteiger partial charge in [0.25, 0.3) is 0 Å². The van der Waals surface area contributed by atoms with E-state index >= 15 is 0 Å². The van der Waals surface area contributed by atoms with Crippen LogP contribution in [0.4, 0.5) is 10.1 Å². The van der Waals surface area contributed by atoms with Gasteiger partial charge in [0, 0.05) is 23.4 Å². The average Bonchev–Trinajstić information content (AvgIpc) is 3.01. The number of hydrogen-bond acceptors (Lipinski definition) is 5. The first-order valence-electron chi connectivity index (χ1n) is 6.95. The lowest BCUT2D eigenvalue weighted by Gasteiger charge is -2.17. The van der Waals surface area contributed by atoms with Crippen molar-refractivity contribution >= 4 is 23.5 Å². The van der Waals surface area contributed by atoms with Crippen LogP contribution in [0.5, 0.6) is 11.5 Å². The van der Waals surface area contributed by atoms with Crippen LogP contribution in [0.1, 0.15) is 20.7 Å². The van der Waals surface area contributed by atoms with Crippen molar-refractivity contribution in [2.45, 2.75) is 0 Å². The summed E-state index contributed by atoms with van der Waals surface area (Å²) in [4.78, 5) is 29.3. The highest BCUT2D eigenvalue weighted by Gasteiger charge is 2.33. The van der Waals surface area contributed by atoms with Gasteiger partial charge >= 0.3 is 0 Å². The molecule has 0 radical (unpaired) electrons. The number of Topliss-reactive ketones (excluding diaryl/α,β-unsaturated/α-hetero) is 2. The van der Waals surface area contributed by atoms with Crippen molar-refractivity contribution < 1.29 is 23.5 Å². The van der Waals surface area contributed by atoms with Crippen molar-refractivity contribution in [3.05, 3.63) is 53.3 Å². The molecule has 23 heavy (non-hydrogen) atoms. The zero-order chi connectivity index (χ0) is 16.0. The van der Waals surface area contributed by atoms with Gasteiger partial charge in [-0.25, -0.2) is 4.39 Å². The SMILES string of the molecule is O=C(c1ccc(F)cc1)C1C=Nc2cc3c(cc2C1=O)OCO3. The predicted octanol–water partition coefficient (Wildman–Crippen LogP) is 2.95. The maximum atomic E-state index is 13.0. The van der Waals surface area contributed by atoms with Crippen LogP contribution in [-0.4, -0.2) is 24.6 Å². The van der Waals surface area contributed by atoms with Crippen LogP contribution in [0.15, 0.2) is 41.4 Å². The molecule has 0 bridgehead atoms. The number of nitrogens with zero attached hydrogens (tertiary/aromatic N) is 1. The van der Waals surface area contributed by atoms with Gasteiger partial charge in [-0.3, -0.25) is 14.6 Å². The molecule has 0 N–H and O–H groups in total. The first kappa shape index (κ1) is 13.6. The molecule has 114 valence electrons. The number of carbonyl (C=O) groups is 2. The van der Waals surface area contributed by atoms with Crippen LogP contribution in [0.3, 0.4) is 0 Å². The molecule has 0 saturated carbocycles. The Morgan fingerprint density at radius 3 is 2.57 bits per heavy atom. The third-order valence-corrected chi connectivity index (χ3v) is 3.81. The Hall–Kier alpha value is -3.02. The van der Waals surface area contributed by atoms with Gasteiger partial charge in [0.2, 0.25) is 6.79 Å². The summed E-state index contributed by atoms with van der Waals surface area (Å²) < 4.78 is 23.5. The third-order valence-electron chi connectivity index (χ3n) is 3.81. The largest absolute Gasteiger partial charge is 0.454 e. The maximum Gasteiger partial charge on any atom is 0.231 e. The Labute approximate surface area is 130 Å². The number of hydrogen-bond donors (Lipinski definition) is 0. The molecule has 2 aliphatic rings. The normalized spacial score (nSPS) is 18.0. The van der Waals surface area contributed by atoms with Gasteiger partial charge in [-0.1, -0.05) is 0 Å². The fourth-order valence-corrected chi connectivity index (χ4v) is 2.61. The second-order valence-electron chi connectivity index (χ2n) is 5.21. The highest BCUT2D eigenvalue weighted by molar-refractivity contribution is 6.27. The fraction of sp³-hybridized carbons (Fsp3) is 0.118. The predicted molar refractivity (Wildman–Crippen MR) is 79.3 cm³/mol. The quantitative estimate of drug-likeness (QED) is 0.632. The van der Waals surface area contributed by atoms with Crippen molar-refractivity contribution in [3.8, 4) is 11.5 Å². The van der Waals surface area contributed by atoms with Gasteiger partial charge in [0.05, 0.1) is 5.69 Å². The molecule has 2 heterocycles. The van der Waals surface area contributed by atoms with E-state index in [1.54, 1.807) is 12.1 Å². The van der Waals surface area contributed by atoms with E-state index in [1.165, 1.54) is 30.5 Å². The lowest BCUT2D eigenvalue weighted by atomic mass is 9.88. The number of ketones is 2. The summed E-state index contributed by atoms with van der Waals surface area (Å²) in [6.45, 7) is 0.0913. The number of aliphatic imine (C=N–C) groups is 1. The number of carbonyl (C=O) groups excluding carboxylic acids is 2. The summed E-state index contributed by atoms with van der Waals surface area (Å²) in [7, 11) is 0. The van der Waals surface area contributed by atoms with Gasteiger partial charge < -0.3 is 9.47 Å². The minimum absolute atomic E-state index is 0.0913. The minimum atomic E-state index is -1.02. The van der Waals surface area contributed by atoms with Crippen LogP contribution in [0, 0.1) is 11.7 Å². The number of ether oxygens (including phenoxy) is 2. The van der Waals surface area contributed by atoms with E-state index in [2.05, 4.69) is 4.99 Å². The van der Waals surface area contributed by atoms with E-state index in [9.17, 15) is 14.0 Å². The first-order chi connectivity index (χ1) is 11.1. The molecule has 4 rings (SSSR count). The van der Waals surface area contributed by atoms with E-state index in [4.69, 9.17) is 9.47 Å². The van der Waals surface area contributed by atoms with E-state index in [0.717, 1.165) is 0 Å². The molecule has 2 aromatic rings. The molecule has 2 aromatic carbocycles. The highest BCUT2D eigenvalue weighted by Crippen LogP contribution is 2.40. The Morgan fingerprint density at radius 1 is 1.13 bits per heavy atom. The topological polar surface area (TPSA) is 65.0 Å². The van der Waals surface area contributed by atoms with Gasteiger partial charge in [0.15, 0.2) is 23.1 Å². The molecule has 5 nitrogen and oxygen atoms in total. The van der Waals surface area contributed by atoms with Crippen molar-refractivity contribution in [1.29, 1.82) is 0 Å². The Balaban J connectivity index is 1.70. The summed E-state index contributed by atoms with van der Waals surface area (Å²) in [5.41, 5.74) is 1.03. The summed E-state index contributed by atoms with van der Waals surface area (Å²) >= 11 is 0.